The van der Waals surface area contributed by atoms with E-state index in [0.29, 0.717) is 16.7 Å². The Morgan fingerprint density at radius 3 is 2.00 bits per heavy atom. The Kier molecular flexibility index (Phi) is 6.81. The monoisotopic (exact) mass is 468 g/mol. The molecular weight excluding hydrogens is 448 g/mol. The molecule has 3 aromatic carbocycles. The number of aromatic hydroxyl groups is 4. The van der Waals surface area contributed by atoms with E-state index in [2.05, 4.69) is 0 Å². The van der Waals surface area contributed by atoms with Gasteiger partial charge in [-0.25, -0.2) is 4.79 Å². The van der Waals surface area contributed by atoms with Crippen molar-refractivity contribution in [3.63, 3.8) is 0 Å². The van der Waals surface area contributed by atoms with Crippen LogP contribution in [0.4, 0.5) is 0 Å². The fourth-order valence-corrected chi connectivity index (χ4v) is 3.06. The van der Waals surface area contributed by atoms with Gasteiger partial charge in [-0.05, 0) is 42.0 Å². The molecule has 5 N–H and O–H groups in total. The molecule has 0 bridgehead atoms. The summed E-state index contributed by atoms with van der Waals surface area (Å²) in [5, 5.41) is 45.0. The predicted octanol–water partition coefficient (Wildman–Crippen LogP) is 3.68. The number of phenols is 4. The number of rotatable bonds is 4. The summed E-state index contributed by atoms with van der Waals surface area (Å²) < 4.78 is 15.7. The van der Waals surface area contributed by atoms with Crippen LogP contribution in [-0.4, -0.2) is 45.7 Å². The van der Waals surface area contributed by atoms with E-state index >= 15 is 0 Å². The van der Waals surface area contributed by atoms with Crippen LogP contribution in [0.3, 0.4) is 0 Å². The quantitative estimate of drug-likeness (QED) is 0.279. The molecule has 1 aromatic heterocycles. The minimum atomic E-state index is -1.29. The molecule has 0 radical (unpaired) electrons. The maximum absolute atomic E-state index is 12.6. The molecule has 34 heavy (non-hydrogen) atoms. The summed E-state index contributed by atoms with van der Waals surface area (Å²) >= 11 is 0. The molecule has 0 aliphatic carbocycles. The molecule has 0 atom stereocenters. The summed E-state index contributed by atoms with van der Waals surface area (Å²) in [6, 6.07) is 11.7. The lowest BCUT2D eigenvalue weighted by Crippen LogP contribution is -2.05. The van der Waals surface area contributed by atoms with Crippen molar-refractivity contribution in [2.75, 3.05) is 14.2 Å². The van der Waals surface area contributed by atoms with Crippen LogP contribution in [0.1, 0.15) is 10.4 Å². The number of aromatic carboxylic acids is 1. The largest absolute Gasteiger partial charge is 0.504 e. The average molecular weight is 468 g/mol. The molecule has 0 saturated carbocycles. The van der Waals surface area contributed by atoms with Gasteiger partial charge in [0.05, 0.1) is 30.7 Å². The minimum Gasteiger partial charge on any atom is -0.504 e. The molecule has 1 heterocycles. The van der Waals surface area contributed by atoms with Gasteiger partial charge in [0.2, 0.25) is 11.2 Å². The van der Waals surface area contributed by atoms with E-state index in [-0.39, 0.29) is 28.1 Å². The highest BCUT2D eigenvalue weighted by Gasteiger charge is 2.15. The van der Waals surface area contributed by atoms with E-state index < -0.39 is 23.2 Å². The van der Waals surface area contributed by atoms with Crippen LogP contribution < -0.4 is 14.9 Å². The summed E-state index contributed by atoms with van der Waals surface area (Å²) in [6.45, 7) is 0. The summed E-state index contributed by atoms with van der Waals surface area (Å²) in [6.07, 6.45) is 1.37. The van der Waals surface area contributed by atoms with Crippen molar-refractivity contribution >= 4 is 16.9 Å². The molecule has 0 aliphatic heterocycles. The second-order valence-electron chi connectivity index (χ2n) is 6.87. The van der Waals surface area contributed by atoms with Crippen molar-refractivity contribution in [2.45, 2.75) is 0 Å². The van der Waals surface area contributed by atoms with E-state index in [1.807, 2.05) is 0 Å². The molecule has 0 spiro atoms. The van der Waals surface area contributed by atoms with Crippen LogP contribution in [0.2, 0.25) is 0 Å². The zero-order chi connectivity index (χ0) is 25.0. The normalized spacial score (nSPS) is 10.3. The van der Waals surface area contributed by atoms with E-state index in [4.69, 9.17) is 34.3 Å². The molecule has 10 heteroatoms. The number of carboxylic acid groups (broad SMARTS) is 1. The number of phenolic OH excluding ortho intramolecular Hbond substituents is 4. The molecule has 4 aromatic rings. The molecule has 0 unspecified atom stereocenters. The number of ether oxygens (including phenoxy) is 2. The number of methoxy groups -OCH3 is 2. The van der Waals surface area contributed by atoms with Gasteiger partial charge in [-0.2, -0.15) is 0 Å². The van der Waals surface area contributed by atoms with Gasteiger partial charge in [-0.15, -0.1) is 0 Å². The Labute approximate surface area is 192 Å². The van der Waals surface area contributed by atoms with Crippen molar-refractivity contribution in [1.82, 2.24) is 0 Å². The van der Waals surface area contributed by atoms with Crippen LogP contribution in [0.15, 0.2) is 64.0 Å². The lowest BCUT2D eigenvalue weighted by atomic mass is 10.1. The summed E-state index contributed by atoms with van der Waals surface area (Å²) in [4.78, 5) is 22.9. The highest BCUT2D eigenvalue weighted by Crippen LogP contribution is 2.35. The molecule has 0 amide bonds. The maximum Gasteiger partial charge on any atom is 0.335 e. The third kappa shape index (κ3) is 4.65. The second kappa shape index (κ2) is 9.74. The summed E-state index contributed by atoms with van der Waals surface area (Å²) in [5.41, 5.74) is 0.906. The lowest BCUT2D eigenvalue weighted by molar-refractivity contribution is 0.0696. The summed E-state index contributed by atoms with van der Waals surface area (Å²) in [7, 11) is 2.99. The third-order valence-electron chi connectivity index (χ3n) is 4.80. The number of hydrogen-bond acceptors (Lipinski definition) is 9. The third-order valence-corrected chi connectivity index (χ3v) is 4.80. The van der Waals surface area contributed by atoms with Crippen LogP contribution in [0.25, 0.3) is 22.1 Å². The molecular formula is C24H20O10. The molecule has 176 valence electrons. The zero-order valence-corrected chi connectivity index (χ0v) is 18.0. The zero-order valence-electron chi connectivity index (χ0n) is 18.0. The Morgan fingerprint density at radius 1 is 0.853 bits per heavy atom. The Balaban J connectivity index is 0.000000229. The van der Waals surface area contributed by atoms with Gasteiger partial charge in [0.25, 0.3) is 0 Å². The van der Waals surface area contributed by atoms with Gasteiger partial charge in [0, 0.05) is 0 Å². The maximum atomic E-state index is 12.6. The van der Waals surface area contributed by atoms with Crippen LogP contribution in [0.5, 0.6) is 34.5 Å². The van der Waals surface area contributed by atoms with Crippen molar-refractivity contribution in [3.8, 4) is 45.6 Å². The first-order chi connectivity index (χ1) is 16.2. The van der Waals surface area contributed by atoms with E-state index in [1.54, 1.807) is 31.4 Å². The fourth-order valence-electron chi connectivity index (χ4n) is 3.06. The van der Waals surface area contributed by atoms with E-state index in [9.17, 15) is 14.7 Å². The van der Waals surface area contributed by atoms with Gasteiger partial charge in [-0.1, -0.05) is 12.1 Å². The number of fused-ring (bicyclic) bond motifs is 1. The number of carboxylic acids is 1. The van der Waals surface area contributed by atoms with Gasteiger partial charge in [0.1, 0.15) is 12.0 Å². The van der Waals surface area contributed by atoms with E-state index in [1.165, 1.54) is 25.5 Å². The number of benzene rings is 3. The highest BCUT2D eigenvalue weighted by molar-refractivity contribution is 5.89. The Morgan fingerprint density at radius 2 is 1.47 bits per heavy atom. The smallest absolute Gasteiger partial charge is 0.335 e. The van der Waals surface area contributed by atoms with Crippen molar-refractivity contribution < 1.29 is 44.2 Å². The molecule has 0 saturated heterocycles. The van der Waals surface area contributed by atoms with E-state index in [0.717, 1.165) is 17.7 Å². The van der Waals surface area contributed by atoms with Gasteiger partial charge in [0.15, 0.2) is 28.6 Å². The number of carbonyl (C=O) groups is 1. The van der Waals surface area contributed by atoms with Crippen LogP contribution >= 0.6 is 0 Å². The molecule has 0 aliphatic rings. The average Bonchev–Trinajstić information content (AvgIpc) is 2.83. The van der Waals surface area contributed by atoms with Gasteiger partial charge < -0.3 is 39.4 Å². The standard InChI is InChI=1S/C17H14O5.C7H6O5/c1-20-11-5-3-10(4-6-11)13-9-22-16-12(15(13)19)7-8-14(18)17(16)21-2;8-4-1-3(7(11)12)2-5(9)6(4)10/h3-9,18H,1-2H3;1-2,8-10H,(H,11,12). The SMILES string of the molecule is COc1ccc(-c2coc3c(OC)c(O)ccc3c2=O)cc1.O=C(O)c1cc(O)c(O)c(O)c1. The lowest BCUT2D eigenvalue weighted by Gasteiger charge is -2.08. The first kappa shape index (κ1) is 23.8. The Hall–Kier alpha value is -4.86. The second-order valence-corrected chi connectivity index (χ2v) is 6.87. The van der Waals surface area contributed by atoms with Gasteiger partial charge in [-0.3, -0.25) is 4.79 Å². The molecule has 0 fully saturated rings. The Bertz CT molecular complexity index is 1380. The fraction of sp³-hybridized carbons (Fsp3) is 0.0833. The minimum absolute atomic E-state index is 0.0738. The predicted molar refractivity (Wildman–Crippen MR) is 121 cm³/mol. The highest BCUT2D eigenvalue weighted by atomic mass is 16.5. The van der Waals surface area contributed by atoms with Crippen LogP contribution in [0, 0.1) is 0 Å². The topological polar surface area (TPSA) is 167 Å². The first-order valence-electron chi connectivity index (χ1n) is 9.62. The van der Waals surface area contributed by atoms with Gasteiger partial charge >= 0.3 is 5.97 Å². The first-order valence-corrected chi connectivity index (χ1v) is 9.62. The summed E-state index contributed by atoms with van der Waals surface area (Å²) in [5.74, 6) is -2.55. The van der Waals surface area contributed by atoms with Crippen molar-refractivity contribution in [1.29, 1.82) is 0 Å². The van der Waals surface area contributed by atoms with Crippen molar-refractivity contribution in [3.05, 3.63) is 70.6 Å². The number of hydrogen-bond donors (Lipinski definition) is 5. The molecule has 4 rings (SSSR count). The molecule has 10 nitrogen and oxygen atoms in total. The van der Waals surface area contributed by atoms with Crippen LogP contribution in [-0.2, 0) is 0 Å². The van der Waals surface area contributed by atoms with Crippen molar-refractivity contribution in [2.24, 2.45) is 0 Å².